The summed E-state index contributed by atoms with van der Waals surface area (Å²) in [5.41, 5.74) is 4.94. The molecule has 0 saturated heterocycles. The highest BCUT2D eigenvalue weighted by molar-refractivity contribution is 5.76. The van der Waals surface area contributed by atoms with Gasteiger partial charge in [-0.3, -0.25) is 4.79 Å². The number of pyridine rings is 1. The number of nitrogens with two attached hydrogens (primary N) is 1. The van der Waals surface area contributed by atoms with Gasteiger partial charge in [0.15, 0.2) is 0 Å². The molecule has 1 rings (SSSR count). The Labute approximate surface area is 90.1 Å². The number of nitrogens with zero attached hydrogens (tertiary/aromatic N) is 2. The van der Waals surface area contributed by atoms with Gasteiger partial charge >= 0.3 is 5.82 Å². The average Bonchev–Trinajstić information content (AvgIpc) is 2.19. The summed E-state index contributed by atoms with van der Waals surface area (Å²) in [6.07, 6.45) is -0.156. The second-order valence-electron chi connectivity index (χ2n) is 2.74. The fraction of sp³-hybridized carbons (Fsp3) is 0.111. The summed E-state index contributed by atoms with van der Waals surface area (Å²) in [7, 11) is 0. The second kappa shape index (κ2) is 4.75. The fourth-order valence-corrected chi connectivity index (χ4v) is 0.867. The fourth-order valence-electron chi connectivity index (χ4n) is 0.867. The zero-order valence-electron chi connectivity index (χ0n) is 8.01. The summed E-state index contributed by atoms with van der Waals surface area (Å²) in [6, 6.07) is 2.41. The molecule has 0 bridgehead atoms. The molecule has 0 spiro atoms. The molecule has 3 N–H and O–H groups in total. The molecule has 82 valence electrons. The zero-order chi connectivity index (χ0) is 12.1. The van der Waals surface area contributed by atoms with Crippen LogP contribution in [0.15, 0.2) is 12.1 Å². The number of aromatic hydroxyl groups is 1. The van der Waals surface area contributed by atoms with Gasteiger partial charge in [-0.15, -0.1) is 0 Å². The monoisotopic (exact) mass is 221 g/mol. The van der Waals surface area contributed by atoms with Gasteiger partial charge in [0.25, 0.3) is 0 Å². The van der Waals surface area contributed by atoms with Crippen LogP contribution in [-0.4, -0.2) is 20.9 Å². The van der Waals surface area contributed by atoms with E-state index in [2.05, 4.69) is 16.8 Å². The molecule has 16 heavy (non-hydrogen) atoms. The maximum Gasteiger partial charge on any atom is 0.407 e. The highest BCUT2D eigenvalue weighted by atomic mass is 16.6. The van der Waals surface area contributed by atoms with Crippen LogP contribution >= 0.6 is 0 Å². The third-order valence-corrected chi connectivity index (χ3v) is 1.51. The first-order valence-corrected chi connectivity index (χ1v) is 4.12. The Hall–Kier alpha value is -2.62. The Morgan fingerprint density at radius 1 is 1.62 bits per heavy atom. The highest BCUT2D eigenvalue weighted by Gasteiger charge is 2.15. The molecule has 0 aliphatic heterocycles. The Balaban J connectivity index is 2.98. The number of carbonyl (C=O) groups is 1. The predicted molar refractivity (Wildman–Crippen MR) is 53.2 cm³/mol. The number of hydrogen-bond acceptors (Lipinski definition) is 5. The topological polar surface area (TPSA) is 119 Å². The average molecular weight is 221 g/mol. The third kappa shape index (κ3) is 2.95. The van der Waals surface area contributed by atoms with Gasteiger partial charge in [-0.2, -0.15) is 0 Å². The van der Waals surface area contributed by atoms with Gasteiger partial charge in [-0.1, -0.05) is 5.92 Å². The van der Waals surface area contributed by atoms with Crippen molar-refractivity contribution in [1.82, 2.24) is 4.98 Å². The molecule has 7 heteroatoms. The van der Waals surface area contributed by atoms with Crippen LogP contribution in [-0.2, 0) is 4.79 Å². The van der Waals surface area contributed by atoms with E-state index in [1.54, 1.807) is 0 Å². The molecular formula is C9H7N3O4. The van der Waals surface area contributed by atoms with E-state index in [9.17, 15) is 14.9 Å². The molecule has 0 aromatic carbocycles. The Morgan fingerprint density at radius 2 is 2.31 bits per heavy atom. The van der Waals surface area contributed by atoms with Crippen molar-refractivity contribution in [3.05, 3.63) is 27.9 Å². The van der Waals surface area contributed by atoms with E-state index < -0.39 is 22.4 Å². The number of hydrogen-bond donors (Lipinski definition) is 2. The van der Waals surface area contributed by atoms with Gasteiger partial charge < -0.3 is 21.0 Å². The molecule has 0 unspecified atom stereocenters. The van der Waals surface area contributed by atoms with Crippen LogP contribution in [0.2, 0.25) is 0 Å². The van der Waals surface area contributed by atoms with Crippen LogP contribution < -0.4 is 5.73 Å². The standard InChI is InChI=1S/C9H7N3O4/c10-8(14)3-1-2-6-4-5-7(13)9(11-6)12(15)16/h4-5,13H,3H2,(H2,10,14). The van der Waals surface area contributed by atoms with Gasteiger partial charge in [0.1, 0.15) is 0 Å². The van der Waals surface area contributed by atoms with Crippen molar-refractivity contribution in [3.63, 3.8) is 0 Å². The Kier molecular flexibility index (Phi) is 3.40. The summed E-state index contributed by atoms with van der Waals surface area (Å²) in [4.78, 5) is 23.5. The van der Waals surface area contributed by atoms with Gasteiger partial charge in [-0.05, 0) is 21.9 Å². The van der Waals surface area contributed by atoms with Crippen molar-refractivity contribution in [3.8, 4) is 17.6 Å². The first-order chi connectivity index (χ1) is 7.50. The smallest absolute Gasteiger partial charge is 0.407 e. The molecule has 0 fully saturated rings. The molecule has 1 aromatic rings. The van der Waals surface area contributed by atoms with Gasteiger partial charge in [0.2, 0.25) is 17.4 Å². The first-order valence-electron chi connectivity index (χ1n) is 4.12. The molecule has 1 amide bonds. The number of amides is 1. The lowest BCUT2D eigenvalue weighted by Crippen LogP contribution is -2.08. The Morgan fingerprint density at radius 3 is 2.88 bits per heavy atom. The lowest BCUT2D eigenvalue weighted by Gasteiger charge is -1.94. The van der Waals surface area contributed by atoms with Crippen LogP contribution in [0.1, 0.15) is 12.1 Å². The molecule has 0 aliphatic rings. The first kappa shape index (κ1) is 11.5. The second-order valence-corrected chi connectivity index (χ2v) is 2.74. The van der Waals surface area contributed by atoms with Crippen molar-refractivity contribution in [1.29, 1.82) is 0 Å². The summed E-state index contributed by atoms with van der Waals surface area (Å²) >= 11 is 0. The van der Waals surface area contributed by atoms with E-state index in [1.165, 1.54) is 6.07 Å². The van der Waals surface area contributed by atoms with E-state index in [0.29, 0.717) is 0 Å². The minimum atomic E-state index is -0.825. The van der Waals surface area contributed by atoms with Crippen LogP contribution in [0.5, 0.6) is 5.75 Å². The lowest BCUT2D eigenvalue weighted by molar-refractivity contribution is -0.390. The SMILES string of the molecule is NC(=O)CC#Cc1ccc(O)c([N+](=O)[O-])n1. The quantitative estimate of drug-likeness (QED) is 0.411. The van der Waals surface area contributed by atoms with Crippen LogP contribution in [0.25, 0.3) is 0 Å². The van der Waals surface area contributed by atoms with E-state index in [-0.39, 0.29) is 12.1 Å². The largest absolute Gasteiger partial charge is 0.501 e. The Bertz CT molecular complexity index is 501. The normalized spacial score (nSPS) is 9.00. The van der Waals surface area contributed by atoms with Crippen molar-refractivity contribution >= 4 is 11.7 Å². The summed E-state index contributed by atoms with van der Waals surface area (Å²) in [5.74, 6) is 3.01. The third-order valence-electron chi connectivity index (χ3n) is 1.51. The van der Waals surface area contributed by atoms with Crippen molar-refractivity contribution < 1.29 is 14.8 Å². The molecular weight excluding hydrogens is 214 g/mol. The maximum atomic E-state index is 10.4. The van der Waals surface area contributed by atoms with E-state index >= 15 is 0 Å². The maximum absolute atomic E-state index is 10.4. The molecule has 0 saturated carbocycles. The predicted octanol–water partition coefficient (Wildman–Crippen LogP) is -0.0777. The zero-order valence-corrected chi connectivity index (χ0v) is 8.01. The summed E-state index contributed by atoms with van der Waals surface area (Å²) in [5, 5.41) is 19.5. The minimum Gasteiger partial charge on any atom is -0.501 e. The highest BCUT2D eigenvalue weighted by Crippen LogP contribution is 2.21. The van der Waals surface area contributed by atoms with Crippen LogP contribution in [0.4, 0.5) is 5.82 Å². The summed E-state index contributed by atoms with van der Waals surface area (Å²) < 4.78 is 0. The molecule has 7 nitrogen and oxygen atoms in total. The van der Waals surface area contributed by atoms with Crippen molar-refractivity contribution in [2.75, 3.05) is 0 Å². The molecule has 1 aromatic heterocycles. The van der Waals surface area contributed by atoms with Crippen molar-refractivity contribution in [2.24, 2.45) is 5.73 Å². The minimum absolute atomic E-state index is 0.0887. The molecule has 1 heterocycles. The van der Waals surface area contributed by atoms with E-state index in [0.717, 1.165) is 6.07 Å². The van der Waals surface area contributed by atoms with Gasteiger partial charge in [0.05, 0.1) is 6.42 Å². The number of rotatable bonds is 2. The van der Waals surface area contributed by atoms with Crippen LogP contribution in [0, 0.1) is 22.0 Å². The van der Waals surface area contributed by atoms with Gasteiger partial charge in [0, 0.05) is 6.07 Å². The van der Waals surface area contributed by atoms with Crippen molar-refractivity contribution in [2.45, 2.75) is 6.42 Å². The number of carbonyl (C=O) groups excluding carboxylic acids is 1. The van der Waals surface area contributed by atoms with E-state index in [1.807, 2.05) is 0 Å². The number of nitro groups is 1. The summed E-state index contributed by atoms with van der Waals surface area (Å²) in [6.45, 7) is 0. The lowest BCUT2D eigenvalue weighted by atomic mass is 10.3. The number of primary amides is 1. The van der Waals surface area contributed by atoms with E-state index in [4.69, 9.17) is 10.8 Å². The van der Waals surface area contributed by atoms with Gasteiger partial charge in [-0.25, -0.2) is 0 Å². The number of aromatic nitrogens is 1. The molecule has 0 atom stereocenters. The molecule has 0 aliphatic carbocycles. The molecule has 0 radical (unpaired) electrons. The van der Waals surface area contributed by atoms with Crippen LogP contribution in [0.3, 0.4) is 0 Å².